The van der Waals surface area contributed by atoms with Crippen LogP contribution in [0.1, 0.15) is 24.1 Å². The van der Waals surface area contributed by atoms with E-state index in [9.17, 15) is 9.18 Å². The van der Waals surface area contributed by atoms with Crippen LogP contribution < -0.4 is 10.7 Å². The van der Waals surface area contributed by atoms with Gasteiger partial charge in [-0.1, -0.05) is 18.2 Å². The molecular formula is C28H22FN3O2. The summed E-state index contributed by atoms with van der Waals surface area (Å²) in [6.45, 7) is 3.92. The van der Waals surface area contributed by atoms with Crippen LogP contribution in [0, 0.1) is 12.7 Å². The van der Waals surface area contributed by atoms with E-state index < -0.39 is 0 Å². The zero-order valence-electron chi connectivity index (χ0n) is 18.7. The van der Waals surface area contributed by atoms with Gasteiger partial charge in [-0.3, -0.25) is 14.8 Å². The van der Waals surface area contributed by atoms with Crippen molar-refractivity contribution in [3.63, 3.8) is 0 Å². The summed E-state index contributed by atoms with van der Waals surface area (Å²) in [6, 6.07) is 18.9. The monoisotopic (exact) mass is 451 g/mol. The number of aryl methyl sites for hydroxylation is 1. The van der Waals surface area contributed by atoms with Gasteiger partial charge < -0.3 is 9.73 Å². The van der Waals surface area contributed by atoms with Gasteiger partial charge in [-0.25, -0.2) is 4.39 Å². The molecule has 0 amide bonds. The first-order chi connectivity index (χ1) is 16.5. The van der Waals surface area contributed by atoms with Gasteiger partial charge in [-0.15, -0.1) is 0 Å². The molecule has 0 aliphatic heterocycles. The molecule has 0 fully saturated rings. The molecule has 3 aromatic heterocycles. The van der Waals surface area contributed by atoms with Gasteiger partial charge in [0.25, 0.3) is 0 Å². The quantitative estimate of drug-likeness (QED) is 0.329. The molecule has 5 nitrogen and oxygen atoms in total. The van der Waals surface area contributed by atoms with Crippen LogP contribution >= 0.6 is 0 Å². The summed E-state index contributed by atoms with van der Waals surface area (Å²) in [4.78, 5) is 21.5. The summed E-state index contributed by atoms with van der Waals surface area (Å²) >= 11 is 0. The number of aromatic nitrogens is 2. The highest BCUT2D eigenvalue weighted by molar-refractivity contribution is 5.84. The lowest BCUT2D eigenvalue weighted by atomic mass is 10.00. The van der Waals surface area contributed by atoms with E-state index in [1.54, 1.807) is 48.9 Å². The summed E-state index contributed by atoms with van der Waals surface area (Å²) in [7, 11) is 0. The molecule has 5 aromatic rings. The zero-order valence-corrected chi connectivity index (χ0v) is 18.7. The SMILES string of the molecule is Cc1cc([C@@H](C)Nc2cccnc2-c2ccccc2F)c2oc(-c3cccnc3)cc(=O)c2c1. The maximum Gasteiger partial charge on any atom is 0.193 e. The molecule has 1 atom stereocenters. The van der Waals surface area contributed by atoms with Gasteiger partial charge in [0.15, 0.2) is 5.43 Å². The number of anilines is 1. The van der Waals surface area contributed by atoms with Crippen LogP contribution in [0.15, 0.2) is 94.5 Å². The average Bonchev–Trinajstić information content (AvgIpc) is 2.85. The van der Waals surface area contributed by atoms with Crippen molar-refractivity contribution < 1.29 is 8.81 Å². The fourth-order valence-electron chi connectivity index (χ4n) is 4.11. The lowest BCUT2D eigenvalue weighted by molar-refractivity contribution is 0.610. The van der Waals surface area contributed by atoms with E-state index in [2.05, 4.69) is 15.3 Å². The van der Waals surface area contributed by atoms with Crippen LogP contribution in [-0.4, -0.2) is 9.97 Å². The largest absolute Gasteiger partial charge is 0.455 e. The third-order valence-corrected chi connectivity index (χ3v) is 5.72. The summed E-state index contributed by atoms with van der Waals surface area (Å²) in [5.41, 5.74) is 4.49. The normalized spacial score (nSPS) is 12.0. The van der Waals surface area contributed by atoms with Gasteiger partial charge in [0.05, 0.1) is 22.8 Å². The number of halogens is 1. The lowest BCUT2D eigenvalue weighted by Gasteiger charge is -2.20. The molecule has 1 N–H and O–H groups in total. The third kappa shape index (κ3) is 4.06. The predicted molar refractivity (Wildman–Crippen MR) is 132 cm³/mol. The highest BCUT2D eigenvalue weighted by Crippen LogP contribution is 2.33. The second kappa shape index (κ2) is 8.90. The van der Waals surface area contributed by atoms with Gasteiger partial charge >= 0.3 is 0 Å². The third-order valence-electron chi connectivity index (χ3n) is 5.72. The summed E-state index contributed by atoms with van der Waals surface area (Å²) in [5, 5.41) is 3.96. The van der Waals surface area contributed by atoms with E-state index in [0.29, 0.717) is 33.7 Å². The highest BCUT2D eigenvalue weighted by atomic mass is 19.1. The van der Waals surface area contributed by atoms with Crippen molar-refractivity contribution in [1.29, 1.82) is 0 Å². The van der Waals surface area contributed by atoms with E-state index >= 15 is 0 Å². The van der Waals surface area contributed by atoms with Gasteiger partial charge in [-0.2, -0.15) is 0 Å². The molecule has 0 radical (unpaired) electrons. The number of nitrogens with one attached hydrogen (secondary N) is 1. The minimum absolute atomic E-state index is 0.120. The molecule has 0 saturated carbocycles. The molecule has 3 heterocycles. The number of rotatable bonds is 5. The molecule has 6 heteroatoms. The maximum atomic E-state index is 14.5. The first kappa shape index (κ1) is 21.5. The predicted octanol–water partition coefficient (Wildman–Crippen LogP) is 6.54. The molecule has 0 aliphatic carbocycles. The average molecular weight is 452 g/mol. The van der Waals surface area contributed by atoms with Crippen molar-refractivity contribution in [2.75, 3.05) is 5.32 Å². The zero-order chi connectivity index (χ0) is 23.7. The number of hydrogen-bond acceptors (Lipinski definition) is 5. The van der Waals surface area contributed by atoms with Crippen molar-refractivity contribution >= 4 is 16.7 Å². The molecular weight excluding hydrogens is 429 g/mol. The fourth-order valence-corrected chi connectivity index (χ4v) is 4.11. The Kier molecular flexibility index (Phi) is 5.64. The van der Waals surface area contributed by atoms with Crippen molar-refractivity contribution in [2.24, 2.45) is 0 Å². The van der Waals surface area contributed by atoms with Crippen LogP contribution in [0.4, 0.5) is 10.1 Å². The van der Waals surface area contributed by atoms with Crippen LogP contribution in [0.5, 0.6) is 0 Å². The Morgan fingerprint density at radius 2 is 1.82 bits per heavy atom. The Labute approximate surface area is 196 Å². The second-order valence-corrected chi connectivity index (χ2v) is 8.19. The number of pyridine rings is 2. The second-order valence-electron chi connectivity index (χ2n) is 8.19. The lowest BCUT2D eigenvalue weighted by Crippen LogP contribution is -2.11. The van der Waals surface area contributed by atoms with Crippen molar-refractivity contribution in [2.45, 2.75) is 19.9 Å². The Hall–Kier alpha value is -4.32. The van der Waals surface area contributed by atoms with Gasteiger partial charge in [0.2, 0.25) is 0 Å². The fraction of sp³-hybridized carbons (Fsp3) is 0.107. The van der Waals surface area contributed by atoms with Crippen molar-refractivity contribution in [3.8, 4) is 22.6 Å². The van der Waals surface area contributed by atoms with E-state index in [1.165, 1.54) is 12.1 Å². The van der Waals surface area contributed by atoms with Gasteiger partial charge in [-0.05, 0) is 61.9 Å². The molecule has 2 aromatic carbocycles. The van der Waals surface area contributed by atoms with E-state index in [-0.39, 0.29) is 17.3 Å². The Morgan fingerprint density at radius 1 is 1.00 bits per heavy atom. The first-order valence-corrected chi connectivity index (χ1v) is 11.0. The number of hydrogen-bond donors (Lipinski definition) is 1. The number of nitrogens with zero attached hydrogens (tertiary/aromatic N) is 2. The minimum atomic E-state index is -0.343. The standard InChI is InChI=1S/C28H22FN3O2/c1-17-13-21(28-22(14-17)25(33)15-26(34-28)19-7-5-11-30-16-19)18(2)32-24-10-6-12-31-27(24)20-8-3-4-9-23(20)29/h3-16,18,32H,1-2H3/t18-/m1/s1. The van der Waals surface area contributed by atoms with Crippen LogP contribution in [0.3, 0.4) is 0 Å². The van der Waals surface area contributed by atoms with E-state index in [0.717, 1.165) is 16.7 Å². The summed E-state index contributed by atoms with van der Waals surface area (Å²) in [6.07, 6.45) is 4.97. The first-order valence-electron chi connectivity index (χ1n) is 11.0. The summed E-state index contributed by atoms with van der Waals surface area (Å²) < 4.78 is 20.8. The smallest absolute Gasteiger partial charge is 0.193 e. The van der Waals surface area contributed by atoms with Crippen LogP contribution in [-0.2, 0) is 0 Å². The molecule has 0 bridgehead atoms. The molecule has 0 spiro atoms. The Balaban J connectivity index is 1.61. The minimum Gasteiger partial charge on any atom is -0.455 e. The van der Waals surface area contributed by atoms with Gasteiger partial charge in [0.1, 0.15) is 17.2 Å². The Morgan fingerprint density at radius 3 is 2.62 bits per heavy atom. The van der Waals surface area contributed by atoms with Crippen LogP contribution in [0.2, 0.25) is 0 Å². The Bertz CT molecular complexity index is 1550. The van der Waals surface area contributed by atoms with Gasteiger partial charge in [0, 0.05) is 41.3 Å². The number of fused-ring (bicyclic) bond motifs is 1. The van der Waals surface area contributed by atoms with Crippen molar-refractivity contribution in [1.82, 2.24) is 9.97 Å². The number of benzene rings is 2. The molecule has 0 aliphatic rings. The molecule has 168 valence electrons. The molecule has 34 heavy (non-hydrogen) atoms. The van der Waals surface area contributed by atoms with Crippen molar-refractivity contribution in [3.05, 3.63) is 112 Å². The molecule has 0 unspecified atom stereocenters. The van der Waals surface area contributed by atoms with E-state index in [1.807, 2.05) is 38.1 Å². The van der Waals surface area contributed by atoms with Crippen LogP contribution in [0.25, 0.3) is 33.6 Å². The highest BCUT2D eigenvalue weighted by Gasteiger charge is 2.18. The molecule has 5 rings (SSSR count). The maximum absolute atomic E-state index is 14.5. The molecule has 0 saturated heterocycles. The van der Waals surface area contributed by atoms with E-state index in [4.69, 9.17) is 4.42 Å². The summed E-state index contributed by atoms with van der Waals surface area (Å²) in [5.74, 6) is 0.112. The topological polar surface area (TPSA) is 68.0 Å².